The van der Waals surface area contributed by atoms with Gasteiger partial charge in [0.05, 0.1) is 12.6 Å². The summed E-state index contributed by atoms with van der Waals surface area (Å²) in [5, 5.41) is 6.63. The highest BCUT2D eigenvalue weighted by molar-refractivity contribution is 7.09. The van der Waals surface area contributed by atoms with Gasteiger partial charge in [0.25, 0.3) is 5.91 Å². The van der Waals surface area contributed by atoms with E-state index < -0.39 is 0 Å². The zero-order valence-corrected chi connectivity index (χ0v) is 18.5. The Hall–Kier alpha value is -2.41. The standard InChI is InChI=1S/C23H25ClN4OS/c1-17(18-5-3-2-4-6-18)25-23(29)21-16-30-22(26-21)15-27-11-13-28(14-12-27)20-9-7-19(24)8-10-20/h2-10,16-17H,11-15H2,1H3,(H,25,29). The van der Waals surface area contributed by atoms with Gasteiger partial charge < -0.3 is 10.2 Å². The molecule has 1 unspecified atom stereocenters. The number of halogens is 1. The van der Waals surface area contributed by atoms with Crippen molar-refractivity contribution in [3.05, 3.63) is 81.3 Å². The van der Waals surface area contributed by atoms with Gasteiger partial charge in [-0.15, -0.1) is 11.3 Å². The average molecular weight is 441 g/mol. The third kappa shape index (κ3) is 5.19. The highest BCUT2D eigenvalue weighted by Gasteiger charge is 2.20. The molecule has 0 bridgehead atoms. The third-order valence-electron chi connectivity index (χ3n) is 5.35. The minimum Gasteiger partial charge on any atom is -0.369 e. The molecule has 4 rings (SSSR count). The van der Waals surface area contributed by atoms with Crippen LogP contribution in [0.3, 0.4) is 0 Å². The number of hydrogen-bond donors (Lipinski definition) is 1. The number of piperazine rings is 1. The Bertz CT molecular complexity index is 968. The van der Waals surface area contributed by atoms with Crippen molar-refractivity contribution in [3.63, 3.8) is 0 Å². The van der Waals surface area contributed by atoms with E-state index in [4.69, 9.17) is 11.6 Å². The van der Waals surface area contributed by atoms with E-state index in [0.717, 1.165) is 48.3 Å². The fourth-order valence-corrected chi connectivity index (χ4v) is 4.53. The molecule has 7 heteroatoms. The molecule has 1 aliphatic heterocycles. The molecule has 2 aromatic carbocycles. The number of nitrogens with one attached hydrogen (secondary N) is 1. The number of nitrogens with zero attached hydrogens (tertiary/aromatic N) is 3. The molecule has 1 aliphatic rings. The molecule has 0 radical (unpaired) electrons. The topological polar surface area (TPSA) is 48.5 Å². The molecule has 30 heavy (non-hydrogen) atoms. The van der Waals surface area contributed by atoms with Crippen molar-refractivity contribution in [1.82, 2.24) is 15.2 Å². The Morgan fingerprint density at radius 2 is 1.80 bits per heavy atom. The van der Waals surface area contributed by atoms with Gasteiger partial charge in [-0.2, -0.15) is 0 Å². The quantitative estimate of drug-likeness (QED) is 0.608. The lowest BCUT2D eigenvalue weighted by molar-refractivity contribution is 0.0935. The first kappa shape index (κ1) is 20.8. The van der Waals surface area contributed by atoms with Gasteiger partial charge in [-0.3, -0.25) is 9.69 Å². The van der Waals surface area contributed by atoms with Gasteiger partial charge in [0.1, 0.15) is 10.7 Å². The molecule has 1 atom stereocenters. The van der Waals surface area contributed by atoms with E-state index >= 15 is 0 Å². The predicted molar refractivity (Wildman–Crippen MR) is 123 cm³/mol. The van der Waals surface area contributed by atoms with Crippen LogP contribution in [0.1, 0.15) is 34.0 Å². The summed E-state index contributed by atoms with van der Waals surface area (Å²) in [5.74, 6) is -0.124. The summed E-state index contributed by atoms with van der Waals surface area (Å²) >= 11 is 7.54. The molecule has 1 N–H and O–H groups in total. The van der Waals surface area contributed by atoms with Crippen LogP contribution in [-0.2, 0) is 6.54 Å². The van der Waals surface area contributed by atoms with E-state index in [1.54, 1.807) is 11.3 Å². The zero-order chi connectivity index (χ0) is 20.9. The molecule has 1 saturated heterocycles. The van der Waals surface area contributed by atoms with Crippen LogP contribution in [0.5, 0.6) is 0 Å². The Balaban J connectivity index is 1.28. The van der Waals surface area contributed by atoms with Gasteiger partial charge in [-0.25, -0.2) is 4.98 Å². The number of rotatable bonds is 6. The van der Waals surface area contributed by atoms with Crippen LogP contribution in [-0.4, -0.2) is 42.0 Å². The summed E-state index contributed by atoms with van der Waals surface area (Å²) < 4.78 is 0. The summed E-state index contributed by atoms with van der Waals surface area (Å²) in [7, 11) is 0. The van der Waals surface area contributed by atoms with Crippen molar-refractivity contribution in [1.29, 1.82) is 0 Å². The molecule has 0 saturated carbocycles. The molecule has 1 amide bonds. The first-order chi connectivity index (χ1) is 14.6. The van der Waals surface area contributed by atoms with E-state index in [2.05, 4.69) is 32.2 Å². The highest BCUT2D eigenvalue weighted by atomic mass is 35.5. The molecule has 2 heterocycles. The van der Waals surface area contributed by atoms with Crippen LogP contribution >= 0.6 is 22.9 Å². The number of hydrogen-bond acceptors (Lipinski definition) is 5. The maximum atomic E-state index is 12.6. The van der Waals surface area contributed by atoms with E-state index in [-0.39, 0.29) is 11.9 Å². The SMILES string of the molecule is CC(NC(=O)c1csc(CN2CCN(c3ccc(Cl)cc3)CC2)n1)c1ccccc1. The van der Waals surface area contributed by atoms with Crippen molar-refractivity contribution in [2.75, 3.05) is 31.1 Å². The minimum atomic E-state index is -0.124. The Kier molecular flexibility index (Phi) is 6.67. The van der Waals surface area contributed by atoms with Gasteiger partial charge in [0.2, 0.25) is 0 Å². The summed E-state index contributed by atoms with van der Waals surface area (Å²) in [5.41, 5.74) is 2.79. The lowest BCUT2D eigenvalue weighted by Gasteiger charge is -2.35. The molecule has 0 aliphatic carbocycles. The van der Waals surface area contributed by atoms with Crippen LogP contribution in [0, 0.1) is 0 Å². The number of aromatic nitrogens is 1. The average Bonchev–Trinajstić information content (AvgIpc) is 3.24. The summed E-state index contributed by atoms with van der Waals surface area (Å²) in [6.07, 6.45) is 0. The maximum Gasteiger partial charge on any atom is 0.271 e. The second-order valence-corrected chi connectivity index (χ2v) is 8.85. The van der Waals surface area contributed by atoms with Crippen LogP contribution < -0.4 is 10.2 Å². The fraction of sp³-hybridized carbons (Fsp3) is 0.304. The largest absolute Gasteiger partial charge is 0.369 e. The van der Waals surface area contributed by atoms with E-state index in [0.29, 0.717) is 5.69 Å². The molecule has 5 nitrogen and oxygen atoms in total. The van der Waals surface area contributed by atoms with Gasteiger partial charge in [-0.05, 0) is 36.8 Å². The van der Waals surface area contributed by atoms with Gasteiger partial charge >= 0.3 is 0 Å². The molecular weight excluding hydrogens is 416 g/mol. The monoisotopic (exact) mass is 440 g/mol. The van der Waals surface area contributed by atoms with Crippen molar-refractivity contribution < 1.29 is 4.79 Å². The van der Waals surface area contributed by atoms with Crippen LogP contribution in [0.25, 0.3) is 0 Å². The molecule has 156 valence electrons. The van der Waals surface area contributed by atoms with E-state index in [9.17, 15) is 4.79 Å². The summed E-state index contributed by atoms with van der Waals surface area (Å²) in [6.45, 7) is 6.63. The molecule has 0 spiro atoms. The summed E-state index contributed by atoms with van der Waals surface area (Å²) in [6, 6.07) is 17.9. The molecule has 1 aromatic heterocycles. The smallest absolute Gasteiger partial charge is 0.271 e. The highest BCUT2D eigenvalue weighted by Crippen LogP contribution is 2.21. The Morgan fingerprint density at radius 1 is 1.10 bits per heavy atom. The Morgan fingerprint density at radius 3 is 2.50 bits per heavy atom. The lowest BCUT2D eigenvalue weighted by Crippen LogP contribution is -2.45. The lowest BCUT2D eigenvalue weighted by atomic mass is 10.1. The maximum absolute atomic E-state index is 12.6. The molecule has 1 fully saturated rings. The number of amides is 1. The first-order valence-electron chi connectivity index (χ1n) is 10.1. The zero-order valence-electron chi connectivity index (χ0n) is 16.9. The van der Waals surface area contributed by atoms with Gasteiger partial charge in [0.15, 0.2) is 0 Å². The van der Waals surface area contributed by atoms with Crippen molar-refractivity contribution in [2.45, 2.75) is 19.5 Å². The number of carbonyl (C=O) groups excluding carboxylic acids is 1. The molecular formula is C23H25ClN4OS. The van der Waals surface area contributed by atoms with Crippen molar-refractivity contribution in [2.24, 2.45) is 0 Å². The summed E-state index contributed by atoms with van der Waals surface area (Å²) in [4.78, 5) is 21.9. The second kappa shape index (κ2) is 9.60. The minimum absolute atomic E-state index is 0.0511. The van der Waals surface area contributed by atoms with Crippen LogP contribution in [0.4, 0.5) is 5.69 Å². The number of thiazole rings is 1. The first-order valence-corrected chi connectivity index (χ1v) is 11.4. The van der Waals surface area contributed by atoms with Crippen molar-refractivity contribution >= 4 is 34.5 Å². The normalized spacial score (nSPS) is 15.7. The predicted octanol–water partition coefficient (Wildman–Crippen LogP) is 4.61. The third-order valence-corrected chi connectivity index (χ3v) is 6.44. The Labute approximate surface area is 186 Å². The van der Waals surface area contributed by atoms with Crippen LogP contribution in [0.15, 0.2) is 60.0 Å². The van der Waals surface area contributed by atoms with Gasteiger partial charge in [0, 0.05) is 42.3 Å². The van der Waals surface area contributed by atoms with E-state index in [1.165, 1.54) is 5.69 Å². The van der Waals surface area contributed by atoms with E-state index in [1.807, 2.05) is 54.8 Å². The number of benzene rings is 2. The van der Waals surface area contributed by atoms with Crippen molar-refractivity contribution in [3.8, 4) is 0 Å². The second-order valence-electron chi connectivity index (χ2n) is 7.47. The fourth-order valence-electron chi connectivity index (χ4n) is 3.59. The molecule has 3 aromatic rings. The number of anilines is 1. The van der Waals surface area contributed by atoms with Gasteiger partial charge in [-0.1, -0.05) is 41.9 Å². The van der Waals surface area contributed by atoms with Crippen LogP contribution in [0.2, 0.25) is 5.02 Å². The number of carbonyl (C=O) groups is 1.